The van der Waals surface area contributed by atoms with Crippen LogP contribution in [0.4, 0.5) is 0 Å². The van der Waals surface area contributed by atoms with Gasteiger partial charge in [-0.25, -0.2) is 4.99 Å². The number of carbonyl (C=O) groups excluding carboxylic acids is 1. The number of aryl methyl sites for hydroxylation is 1. The molecule has 0 aromatic heterocycles. The Kier molecular flexibility index (Phi) is 9.81. The zero-order valence-corrected chi connectivity index (χ0v) is 17.6. The Bertz CT molecular complexity index is 572. The number of halogens is 1. The highest BCUT2D eigenvalue weighted by Crippen LogP contribution is 2.11. The molecular formula is C18H29IN4O2. The van der Waals surface area contributed by atoms with Crippen LogP contribution in [0.15, 0.2) is 29.3 Å². The summed E-state index contributed by atoms with van der Waals surface area (Å²) in [5, 5.41) is 6.40. The number of hydrogen-bond acceptors (Lipinski definition) is 3. The fourth-order valence-corrected chi connectivity index (χ4v) is 2.46. The van der Waals surface area contributed by atoms with Gasteiger partial charge in [0.15, 0.2) is 5.96 Å². The molecule has 0 aliphatic carbocycles. The van der Waals surface area contributed by atoms with Crippen molar-refractivity contribution in [1.29, 1.82) is 0 Å². The van der Waals surface area contributed by atoms with E-state index in [9.17, 15) is 4.79 Å². The molecule has 1 aromatic carbocycles. The van der Waals surface area contributed by atoms with Gasteiger partial charge in [0.05, 0.1) is 19.2 Å². The van der Waals surface area contributed by atoms with E-state index in [1.807, 2.05) is 12.1 Å². The van der Waals surface area contributed by atoms with Crippen LogP contribution in [0, 0.1) is 6.92 Å². The van der Waals surface area contributed by atoms with Crippen LogP contribution < -0.4 is 10.6 Å². The first-order chi connectivity index (χ1) is 11.6. The van der Waals surface area contributed by atoms with E-state index in [-0.39, 0.29) is 42.5 Å². The number of nitrogens with zero attached hydrogens (tertiary/aromatic N) is 2. The van der Waals surface area contributed by atoms with Crippen molar-refractivity contribution in [3.63, 3.8) is 0 Å². The molecule has 6 nitrogen and oxygen atoms in total. The molecule has 2 N–H and O–H groups in total. The van der Waals surface area contributed by atoms with E-state index in [1.54, 1.807) is 19.0 Å². The molecule has 1 fully saturated rings. The summed E-state index contributed by atoms with van der Waals surface area (Å²) in [5.74, 6) is 0.654. The van der Waals surface area contributed by atoms with Gasteiger partial charge in [-0.1, -0.05) is 24.3 Å². The molecular weight excluding hydrogens is 431 g/mol. The number of hydrogen-bond donors (Lipinski definition) is 2. The number of aliphatic imine (C=N–C) groups is 1. The quantitative estimate of drug-likeness (QED) is 0.387. The molecule has 0 spiro atoms. The van der Waals surface area contributed by atoms with Crippen LogP contribution in [0.5, 0.6) is 0 Å². The maximum Gasteiger partial charge on any atom is 0.241 e. The van der Waals surface area contributed by atoms with E-state index in [0.29, 0.717) is 19.0 Å². The van der Waals surface area contributed by atoms with Crippen molar-refractivity contribution in [2.75, 3.05) is 33.8 Å². The van der Waals surface area contributed by atoms with E-state index < -0.39 is 0 Å². The molecule has 1 atom stereocenters. The second-order valence-electron chi connectivity index (χ2n) is 6.25. The second kappa shape index (κ2) is 11.3. The first-order valence-electron chi connectivity index (χ1n) is 8.44. The van der Waals surface area contributed by atoms with Crippen LogP contribution in [0.2, 0.25) is 0 Å². The normalized spacial score (nSPS) is 16.9. The third kappa shape index (κ3) is 7.60. The fourth-order valence-electron chi connectivity index (χ4n) is 2.46. The topological polar surface area (TPSA) is 66.0 Å². The van der Waals surface area contributed by atoms with Crippen molar-refractivity contribution in [2.24, 2.45) is 4.99 Å². The second-order valence-corrected chi connectivity index (χ2v) is 6.25. The monoisotopic (exact) mass is 460 g/mol. The third-order valence-electron chi connectivity index (χ3n) is 4.10. The number of guanidine groups is 1. The lowest BCUT2D eigenvalue weighted by Gasteiger charge is -2.17. The average Bonchev–Trinajstić information content (AvgIpc) is 3.08. The van der Waals surface area contributed by atoms with Gasteiger partial charge < -0.3 is 20.3 Å². The summed E-state index contributed by atoms with van der Waals surface area (Å²) in [7, 11) is 3.49. The van der Waals surface area contributed by atoms with Gasteiger partial charge in [-0.3, -0.25) is 4.79 Å². The zero-order chi connectivity index (χ0) is 17.4. The Morgan fingerprint density at radius 1 is 1.32 bits per heavy atom. The molecule has 1 aliphatic heterocycles. The molecule has 1 saturated heterocycles. The van der Waals surface area contributed by atoms with Gasteiger partial charge in [0.2, 0.25) is 5.91 Å². The van der Waals surface area contributed by atoms with Gasteiger partial charge in [0.25, 0.3) is 0 Å². The summed E-state index contributed by atoms with van der Waals surface area (Å²) in [5.41, 5.74) is 2.39. The van der Waals surface area contributed by atoms with Crippen molar-refractivity contribution in [2.45, 2.75) is 32.4 Å². The number of rotatable bonds is 6. The van der Waals surface area contributed by atoms with Crippen molar-refractivity contribution < 1.29 is 9.53 Å². The molecule has 25 heavy (non-hydrogen) atoms. The van der Waals surface area contributed by atoms with Crippen LogP contribution in [0.1, 0.15) is 24.0 Å². The Morgan fingerprint density at radius 3 is 2.72 bits per heavy atom. The fraction of sp³-hybridized carbons (Fsp3) is 0.556. The molecule has 1 amide bonds. The Balaban J connectivity index is 0.00000312. The SMILES string of the molecule is Cc1ccccc1CN=C(NCC(=O)N(C)C)NCC1CCCO1.I. The first kappa shape index (κ1) is 21.7. The first-order valence-corrected chi connectivity index (χ1v) is 8.44. The van der Waals surface area contributed by atoms with Crippen molar-refractivity contribution in [3.8, 4) is 0 Å². The Hall–Kier alpha value is -1.35. The number of amides is 1. The molecule has 7 heteroatoms. The molecule has 140 valence electrons. The van der Waals surface area contributed by atoms with Gasteiger partial charge in [-0.15, -0.1) is 24.0 Å². The summed E-state index contributed by atoms with van der Waals surface area (Å²) in [4.78, 5) is 18.0. The van der Waals surface area contributed by atoms with Crippen LogP contribution in [-0.4, -0.2) is 56.7 Å². The minimum Gasteiger partial charge on any atom is -0.376 e. The number of likely N-dealkylation sites (N-methyl/N-ethyl adjacent to an activating group) is 1. The minimum absolute atomic E-state index is 0. The molecule has 2 rings (SSSR count). The van der Waals surface area contributed by atoms with Crippen molar-refractivity contribution in [3.05, 3.63) is 35.4 Å². The van der Waals surface area contributed by atoms with Gasteiger partial charge >= 0.3 is 0 Å². The molecule has 1 aromatic rings. The molecule has 0 radical (unpaired) electrons. The summed E-state index contributed by atoms with van der Waals surface area (Å²) >= 11 is 0. The van der Waals surface area contributed by atoms with E-state index in [4.69, 9.17) is 4.74 Å². The molecule has 0 saturated carbocycles. The van der Waals surface area contributed by atoms with E-state index >= 15 is 0 Å². The average molecular weight is 460 g/mol. The zero-order valence-electron chi connectivity index (χ0n) is 15.2. The molecule has 1 heterocycles. The molecule has 1 unspecified atom stereocenters. The van der Waals surface area contributed by atoms with Crippen LogP contribution >= 0.6 is 24.0 Å². The smallest absolute Gasteiger partial charge is 0.241 e. The van der Waals surface area contributed by atoms with Crippen molar-refractivity contribution >= 4 is 35.8 Å². The van der Waals surface area contributed by atoms with Gasteiger partial charge in [-0.2, -0.15) is 0 Å². The predicted octanol–water partition coefficient (Wildman–Crippen LogP) is 1.92. The largest absolute Gasteiger partial charge is 0.376 e. The lowest BCUT2D eigenvalue weighted by atomic mass is 10.1. The predicted molar refractivity (Wildman–Crippen MR) is 111 cm³/mol. The number of ether oxygens (including phenoxy) is 1. The highest BCUT2D eigenvalue weighted by molar-refractivity contribution is 14.0. The maximum atomic E-state index is 11.8. The third-order valence-corrected chi connectivity index (χ3v) is 4.10. The summed E-state index contributed by atoms with van der Waals surface area (Å²) in [6.45, 7) is 4.40. The highest BCUT2D eigenvalue weighted by Gasteiger charge is 2.16. The molecule has 0 bridgehead atoms. The highest BCUT2D eigenvalue weighted by atomic mass is 127. The number of benzene rings is 1. The van der Waals surface area contributed by atoms with E-state index in [1.165, 1.54) is 11.1 Å². The number of carbonyl (C=O) groups is 1. The summed E-state index contributed by atoms with van der Waals surface area (Å²) < 4.78 is 5.63. The summed E-state index contributed by atoms with van der Waals surface area (Å²) in [6.07, 6.45) is 2.39. The minimum atomic E-state index is 0. The van der Waals surface area contributed by atoms with Crippen LogP contribution in [-0.2, 0) is 16.1 Å². The van der Waals surface area contributed by atoms with Gasteiger partial charge in [0, 0.05) is 27.2 Å². The van der Waals surface area contributed by atoms with Crippen LogP contribution in [0.3, 0.4) is 0 Å². The standard InChI is InChI=1S/C18H28N4O2.HI/c1-14-7-4-5-8-15(14)11-19-18(21-13-17(23)22(2)3)20-12-16-9-6-10-24-16;/h4-5,7-8,16H,6,9-13H2,1-3H3,(H2,19,20,21);1H. The van der Waals surface area contributed by atoms with Gasteiger partial charge in [0.1, 0.15) is 0 Å². The lowest BCUT2D eigenvalue weighted by molar-refractivity contribution is -0.127. The van der Waals surface area contributed by atoms with E-state index in [0.717, 1.165) is 19.4 Å². The Morgan fingerprint density at radius 2 is 2.08 bits per heavy atom. The summed E-state index contributed by atoms with van der Waals surface area (Å²) in [6, 6.07) is 8.18. The Labute approximate surface area is 167 Å². The van der Waals surface area contributed by atoms with E-state index in [2.05, 4.69) is 34.7 Å². The van der Waals surface area contributed by atoms with Crippen molar-refractivity contribution in [1.82, 2.24) is 15.5 Å². The maximum absolute atomic E-state index is 11.8. The number of nitrogens with one attached hydrogen (secondary N) is 2. The van der Waals surface area contributed by atoms with Crippen LogP contribution in [0.25, 0.3) is 0 Å². The van der Waals surface area contributed by atoms with Gasteiger partial charge in [-0.05, 0) is 30.9 Å². The lowest BCUT2D eigenvalue weighted by Crippen LogP contribution is -2.45. The molecule has 1 aliphatic rings.